The molecule has 0 bridgehead atoms. The zero-order valence-corrected chi connectivity index (χ0v) is 12.2. The van der Waals surface area contributed by atoms with Gasteiger partial charge in [0.1, 0.15) is 11.3 Å². The number of phenols is 1. The summed E-state index contributed by atoms with van der Waals surface area (Å²) in [6.45, 7) is 0.0737. The van der Waals surface area contributed by atoms with E-state index in [0.717, 1.165) is 5.56 Å². The lowest BCUT2D eigenvalue weighted by Gasteiger charge is -2.17. The topological polar surface area (TPSA) is 66.8 Å². The first-order valence-corrected chi connectivity index (χ1v) is 6.81. The molecule has 2 aromatic rings. The zero-order valence-electron chi connectivity index (χ0n) is 12.2. The molecule has 0 atom stereocenters. The zero-order chi connectivity index (χ0) is 15.9. The quantitative estimate of drug-likeness (QED) is 0.860. The van der Waals surface area contributed by atoms with E-state index in [2.05, 4.69) is 0 Å². The number of para-hydroxylation sites is 1. The number of phenolic OH excluding ortho intramolecular Hbond substituents is 1. The van der Waals surface area contributed by atoms with Crippen molar-refractivity contribution >= 4 is 11.9 Å². The molecular formula is C17H17NO4. The Bertz CT molecular complexity index is 655. The molecule has 0 unspecified atom stereocenters. The van der Waals surface area contributed by atoms with Crippen LogP contribution in [0.2, 0.25) is 0 Å². The van der Waals surface area contributed by atoms with Crippen LogP contribution in [0.4, 0.5) is 0 Å². The summed E-state index contributed by atoms with van der Waals surface area (Å²) in [5.41, 5.74) is 1.03. The first kappa shape index (κ1) is 15.6. The van der Waals surface area contributed by atoms with Gasteiger partial charge in [-0.05, 0) is 17.7 Å². The molecule has 0 saturated carbocycles. The molecule has 0 spiro atoms. The standard InChI is InChI=1S/C17H17NO4/c1-18(11-13-7-3-2-4-8-13)16(20)12-22-17(21)14-9-5-6-10-15(14)19/h2-10,19H,11-12H2,1H3. The highest BCUT2D eigenvalue weighted by Crippen LogP contribution is 2.16. The van der Waals surface area contributed by atoms with Crippen molar-refractivity contribution in [2.24, 2.45) is 0 Å². The molecule has 114 valence electrons. The number of carbonyl (C=O) groups excluding carboxylic acids is 2. The fourth-order valence-corrected chi connectivity index (χ4v) is 1.91. The molecule has 0 aromatic heterocycles. The number of hydrogen-bond donors (Lipinski definition) is 1. The third-order valence-electron chi connectivity index (χ3n) is 3.14. The summed E-state index contributed by atoms with van der Waals surface area (Å²) in [6.07, 6.45) is 0. The molecule has 22 heavy (non-hydrogen) atoms. The third-order valence-corrected chi connectivity index (χ3v) is 3.14. The van der Waals surface area contributed by atoms with Crippen molar-refractivity contribution in [3.05, 3.63) is 65.7 Å². The highest BCUT2D eigenvalue weighted by molar-refractivity contribution is 5.93. The molecule has 0 fully saturated rings. The van der Waals surface area contributed by atoms with Crippen molar-refractivity contribution in [3.8, 4) is 5.75 Å². The summed E-state index contributed by atoms with van der Waals surface area (Å²) in [5.74, 6) is -1.20. The van der Waals surface area contributed by atoms with Crippen LogP contribution in [-0.2, 0) is 16.1 Å². The van der Waals surface area contributed by atoms with Crippen LogP contribution >= 0.6 is 0 Å². The van der Waals surface area contributed by atoms with Crippen molar-refractivity contribution in [1.29, 1.82) is 0 Å². The Labute approximate surface area is 128 Å². The van der Waals surface area contributed by atoms with Crippen LogP contribution < -0.4 is 0 Å². The Morgan fingerprint density at radius 3 is 2.36 bits per heavy atom. The van der Waals surface area contributed by atoms with Gasteiger partial charge in [-0.1, -0.05) is 42.5 Å². The van der Waals surface area contributed by atoms with Crippen molar-refractivity contribution < 1.29 is 19.4 Å². The van der Waals surface area contributed by atoms with E-state index in [9.17, 15) is 14.7 Å². The molecule has 5 nitrogen and oxygen atoms in total. The van der Waals surface area contributed by atoms with Crippen LogP contribution in [0.5, 0.6) is 5.75 Å². The van der Waals surface area contributed by atoms with E-state index in [0.29, 0.717) is 6.54 Å². The summed E-state index contributed by atoms with van der Waals surface area (Å²) in [6, 6.07) is 15.6. The van der Waals surface area contributed by atoms with E-state index < -0.39 is 5.97 Å². The molecular weight excluding hydrogens is 282 g/mol. The van der Waals surface area contributed by atoms with Crippen LogP contribution in [0.3, 0.4) is 0 Å². The summed E-state index contributed by atoms with van der Waals surface area (Å²) < 4.78 is 4.94. The molecule has 0 aliphatic heterocycles. The number of aromatic hydroxyl groups is 1. The maximum atomic E-state index is 12.0. The van der Waals surface area contributed by atoms with Crippen molar-refractivity contribution in [3.63, 3.8) is 0 Å². The molecule has 2 rings (SSSR count). The molecule has 5 heteroatoms. The molecule has 1 amide bonds. The van der Waals surface area contributed by atoms with Gasteiger partial charge in [0.15, 0.2) is 6.61 Å². The third kappa shape index (κ3) is 4.09. The Kier molecular flexibility index (Phi) is 5.14. The smallest absolute Gasteiger partial charge is 0.342 e. The van der Waals surface area contributed by atoms with Crippen molar-refractivity contribution in [1.82, 2.24) is 4.90 Å². The fraction of sp³-hybridized carbons (Fsp3) is 0.176. The number of hydrogen-bond acceptors (Lipinski definition) is 4. The lowest BCUT2D eigenvalue weighted by Crippen LogP contribution is -2.30. The normalized spacial score (nSPS) is 10.0. The van der Waals surface area contributed by atoms with Crippen LogP contribution in [0.1, 0.15) is 15.9 Å². The number of rotatable bonds is 5. The van der Waals surface area contributed by atoms with E-state index in [1.807, 2.05) is 30.3 Å². The monoisotopic (exact) mass is 299 g/mol. The lowest BCUT2D eigenvalue weighted by atomic mass is 10.2. The summed E-state index contributed by atoms with van der Waals surface area (Å²) >= 11 is 0. The first-order valence-electron chi connectivity index (χ1n) is 6.81. The van der Waals surface area contributed by atoms with E-state index >= 15 is 0 Å². The number of amides is 1. The van der Waals surface area contributed by atoms with Gasteiger partial charge in [-0.2, -0.15) is 0 Å². The van der Waals surface area contributed by atoms with Crippen LogP contribution in [-0.4, -0.2) is 35.5 Å². The molecule has 2 aromatic carbocycles. The summed E-state index contributed by atoms with van der Waals surface area (Å²) in [4.78, 5) is 25.2. The largest absolute Gasteiger partial charge is 0.507 e. The number of likely N-dealkylation sites (N-methyl/N-ethyl adjacent to an activating group) is 1. The second kappa shape index (κ2) is 7.26. The number of benzene rings is 2. The highest BCUT2D eigenvalue weighted by atomic mass is 16.5. The number of esters is 1. The second-order valence-corrected chi connectivity index (χ2v) is 4.83. The second-order valence-electron chi connectivity index (χ2n) is 4.83. The Morgan fingerprint density at radius 2 is 1.68 bits per heavy atom. The minimum Gasteiger partial charge on any atom is -0.507 e. The highest BCUT2D eigenvalue weighted by Gasteiger charge is 2.15. The molecule has 0 heterocycles. The Morgan fingerprint density at radius 1 is 1.05 bits per heavy atom. The van der Waals surface area contributed by atoms with Crippen LogP contribution in [0.25, 0.3) is 0 Å². The van der Waals surface area contributed by atoms with E-state index in [4.69, 9.17) is 4.74 Å². The molecule has 0 saturated heterocycles. The Hall–Kier alpha value is -2.82. The lowest BCUT2D eigenvalue weighted by molar-refractivity contribution is -0.133. The summed E-state index contributed by atoms with van der Waals surface area (Å²) in [5, 5.41) is 9.55. The van der Waals surface area contributed by atoms with E-state index in [1.54, 1.807) is 19.2 Å². The average molecular weight is 299 g/mol. The maximum Gasteiger partial charge on any atom is 0.342 e. The fourth-order valence-electron chi connectivity index (χ4n) is 1.91. The van der Waals surface area contributed by atoms with Gasteiger partial charge in [-0.3, -0.25) is 4.79 Å². The molecule has 0 aliphatic rings. The number of nitrogens with zero attached hydrogens (tertiary/aromatic N) is 1. The van der Waals surface area contributed by atoms with Gasteiger partial charge in [0.05, 0.1) is 0 Å². The van der Waals surface area contributed by atoms with Gasteiger partial charge in [-0.15, -0.1) is 0 Å². The van der Waals surface area contributed by atoms with Gasteiger partial charge < -0.3 is 14.7 Å². The van der Waals surface area contributed by atoms with Crippen LogP contribution in [0, 0.1) is 0 Å². The molecule has 0 radical (unpaired) electrons. The van der Waals surface area contributed by atoms with Crippen molar-refractivity contribution in [2.45, 2.75) is 6.54 Å². The van der Waals surface area contributed by atoms with Gasteiger partial charge >= 0.3 is 5.97 Å². The predicted octanol–water partition coefficient (Wildman–Crippen LogP) is 2.21. The van der Waals surface area contributed by atoms with Gasteiger partial charge in [0, 0.05) is 13.6 Å². The predicted molar refractivity (Wildman–Crippen MR) is 81.3 cm³/mol. The summed E-state index contributed by atoms with van der Waals surface area (Å²) in [7, 11) is 1.64. The van der Waals surface area contributed by atoms with E-state index in [-0.39, 0.29) is 23.8 Å². The molecule has 0 aliphatic carbocycles. The Balaban J connectivity index is 1.87. The van der Waals surface area contributed by atoms with Crippen LogP contribution in [0.15, 0.2) is 54.6 Å². The van der Waals surface area contributed by atoms with Gasteiger partial charge in [0.25, 0.3) is 5.91 Å². The van der Waals surface area contributed by atoms with E-state index in [1.165, 1.54) is 17.0 Å². The molecule has 1 N–H and O–H groups in total. The first-order chi connectivity index (χ1) is 10.6. The number of ether oxygens (including phenoxy) is 1. The average Bonchev–Trinajstić information content (AvgIpc) is 2.53. The number of carbonyl (C=O) groups is 2. The van der Waals surface area contributed by atoms with Gasteiger partial charge in [0.2, 0.25) is 0 Å². The SMILES string of the molecule is CN(Cc1ccccc1)C(=O)COC(=O)c1ccccc1O. The minimum atomic E-state index is -0.723. The maximum absolute atomic E-state index is 12.0. The minimum absolute atomic E-state index is 0.0426. The van der Waals surface area contributed by atoms with Gasteiger partial charge in [-0.25, -0.2) is 4.79 Å². The van der Waals surface area contributed by atoms with Crippen molar-refractivity contribution in [2.75, 3.05) is 13.7 Å².